The summed E-state index contributed by atoms with van der Waals surface area (Å²) in [6, 6.07) is 14.3. The van der Waals surface area contributed by atoms with Crippen LogP contribution in [0.5, 0.6) is 5.88 Å². The van der Waals surface area contributed by atoms with Crippen molar-refractivity contribution in [2.75, 3.05) is 6.54 Å². The highest BCUT2D eigenvalue weighted by Crippen LogP contribution is 2.21. The van der Waals surface area contributed by atoms with E-state index in [2.05, 4.69) is 35.4 Å². The molecule has 2 aromatic rings. The van der Waals surface area contributed by atoms with Crippen LogP contribution in [0.15, 0.2) is 42.5 Å². The maximum Gasteiger partial charge on any atom is 0.214 e. The summed E-state index contributed by atoms with van der Waals surface area (Å²) in [5.41, 5.74) is 3.36. The molecule has 112 valence electrons. The van der Waals surface area contributed by atoms with Gasteiger partial charge in [-0.15, -0.1) is 0 Å². The van der Waals surface area contributed by atoms with E-state index in [1.807, 2.05) is 38.1 Å². The number of pyridine rings is 1. The number of aromatic nitrogens is 1. The predicted octanol–water partition coefficient (Wildman–Crippen LogP) is 4.03. The van der Waals surface area contributed by atoms with Gasteiger partial charge in [-0.1, -0.05) is 37.3 Å². The molecule has 1 atom stereocenters. The number of aryl methyl sites for hydroxylation is 1. The van der Waals surface area contributed by atoms with Crippen molar-refractivity contribution in [1.29, 1.82) is 0 Å². The molecule has 0 radical (unpaired) electrons. The van der Waals surface area contributed by atoms with Gasteiger partial charge in [0.05, 0.1) is 0 Å². The van der Waals surface area contributed by atoms with Crippen molar-refractivity contribution in [2.45, 2.75) is 39.8 Å². The van der Waals surface area contributed by atoms with Gasteiger partial charge in [-0.3, -0.25) is 0 Å². The summed E-state index contributed by atoms with van der Waals surface area (Å²) in [7, 11) is 0. The molecule has 1 N–H and O–H groups in total. The minimum Gasteiger partial charge on any atom is -0.470 e. The van der Waals surface area contributed by atoms with E-state index in [1.165, 1.54) is 5.56 Å². The second-order valence-corrected chi connectivity index (χ2v) is 5.30. The molecule has 0 saturated carbocycles. The van der Waals surface area contributed by atoms with E-state index in [0.717, 1.165) is 30.8 Å². The molecular formula is C18H24N2O. The van der Waals surface area contributed by atoms with E-state index in [1.54, 1.807) is 0 Å². The lowest BCUT2D eigenvalue weighted by atomic mass is 10.1. The summed E-state index contributed by atoms with van der Waals surface area (Å²) in [6.07, 6.45) is 1.13. The van der Waals surface area contributed by atoms with E-state index < -0.39 is 0 Å². The molecule has 1 unspecified atom stereocenters. The third-order valence-electron chi connectivity index (χ3n) is 3.31. The molecule has 0 aliphatic heterocycles. The van der Waals surface area contributed by atoms with Gasteiger partial charge in [-0.05, 0) is 44.0 Å². The molecule has 3 heteroatoms. The Balaban J connectivity index is 2.05. The van der Waals surface area contributed by atoms with Gasteiger partial charge in [0.25, 0.3) is 0 Å². The van der Waals surface area contributed by atoms with Crippen LogP contribution in [0.2, 0.25) is 0 Å². The van der Waals surface area contributed by atoms with Crippen LogP contribution in [-0.2, 0) is 6.54 Å². The Morgan fingerprint density at radius 3 is 2.67 bits per heavy atom. The molecule has 0 amide bonds. The zero-order valence-electron chi connectivity index (χ0n) is 13.1. The lowest BCUT2D eigenvalue weighted by Crippen LogP contribution is -2.14. The van der Waals surface area contributed by atoms with E-state index in [0.29, 0.717) is 5.88 Å². The molecular weight excluding hydrogens is 260 g/mol. The van der Waals surface area contributed by atoms with Gasteiger partial charge in [0.1, 0.15) is 6.10 Å². The monoisotopic (exact) mass is 284 g/mol. The zero-order chi connectivity index (χ0) is 15.1. The van der Waals surface area contributed by atoms with Crippen LogP contribution in [0.25, 0.3) is 0 Å². The first-order chi connectivity index (χ1) is 10.2. The SMILES string of the molecule is CCCNCc1cc(C)nc(OC(C)c2ccccc2)c1. The van der Waals surface area contributed by atoms with Crippen molar-refractivity contribution in [1.82, 2.24) is 10.3 Å². The predicted molar refractivity (Wildman–Crippen MR) is 86.5 cm³/mol. The van der Waals surface area contributed by atoms with Crippen molar-refractivity contribution >= 4 is 0 Å². The Morgan fingerprint density at radius 1 is 1.19 bits per heavy atom. The molecule has 0 fully saturated rings. The van der Waals surface area contributed by atoms with Gasteiger partial charge in [0.15, 0.2) is 0 Å². The molecule has 1 heterocycles. The van der Waals surface area contributed by atoms with Gasteiger partial charge < -0.3 is 10.1 Å². The summed E-state index contributed by atoms with van der Waals surface area (Å²) in [6.45, 7) is 8.10. The van der Waals surface area contributed by atoms with Gasteiger partial charge in [0.2, 0.25) is 5.88 Å². The summed E-state index contributed by atoms with van der Waals surface area (Å²) in [4.78, 5) is 4.48. The van der Waals surface area contributed by atoms with Crippen molar-refractivity contribution in [2.24, 2.45) is 0 Å². The van der Waals surface area contributed by atoms with Gasteiger partial charge in [-0.25, -0.2) is 4.98 Å². The third kappa shape index (κ3) is 4.87. The fourth-order valence-corrected chi connectivity index (χ4v) is 2.25. The van der Waals surface area contributed by atoms with Gasteiger partial charge in [0, 0.05) is 18.3 Å². The molecule has 21 heavy (non-hydrogen) atoms. The number of benzene rings is 1. The maximum absolute atomic E-state index is 5.99. The highest BCUT2D eigenvalue weighted by molar-refractivity contribution is 5.26. The summed E-state index contributed by atoms with van der Waals surface area (Å²) < 4.78 is 5.99. The first-order valence-corrected chi connectivity index (χ1v) is 7.59. The van der Waals surface area contributed by atoms with Crippen LogP contribution in [-0.4, -0.2) is 11.5 Å². The Hall–Kier alpha value is -1.87. The van der Waals surface area contributed by atoms with Crippen LogP contribution in [0.3, 0.4) is 0 Å². The Bertz CT molecular complexity index is 554. The van der Waals surface area contributed by atoms with Crippen LogP contribution in [0.1, 0.15) is 43.2 Å². The minimum atomic E-state index is -0.00282. The number of nitrogens with one attached hydrogen (secondary N) is 1. The summed E-state index contributed by atoms with van der Waals surface area (Å²) in [5, 5.41) is 3.41. The minimum absolute atomic E-state index is 0.00282. The molecule has 0 aliphatic rings. The second kappa shape index (κ2) is 7.79. The molecule has 3 nitrogen and oxygen atoms in total. The van der Waals surface area contributed by atoms with Crippen LogP contribution in [0, 0.1) is 6.92 Å². The van der Waals surface area contributed by atoms with Gasteiger partial charge in [-0.2, -0.15) is 0 Å². The Kier molecular flexibility index (Phi) is 5.76. The summed E-state index contributed by atoms with van der Waals surface area (Å²) >= 11 is 0. The van der Waals surface area contributed by atoms with Crippen LogP contribution in [0.4, 0.5) is 0 Å². The first-order valence-electron chi connectivity index (χ1n) is 7.59. The van der Waals surface area contributed by atoms with Crippen LogP contribution >= 0.6 is 0 Å². The van der Waals surface area contributed by atoms with E-state index in [4.69, 9.17) is 4.74 Å². The van der Waals surface area contributed by atoms with E-state index >= 15 is 0 Å². The molecule has 1 aromatic carbocycles. The smallest absolute Gasteiger partial charge is 0.214 e. The largest absolute Gasteiger partial charge is 0.470 e. The summed E-state index contributed by atoms with van der Waals surface area (Å²) in [5.74, 6) is 0.694. The fourth-order valence-electron chi connectivity index (χ4n) is 2.25. The standard InChI is InChI=1S/C18H24N2O/c1-4-10-19-13-16-11-14(2)20-18(12-16)21-15(3)17-8-6-5-7-9-17/h5-9,11-12,15,19H,4,10,13H2,1-3H3. The molecule has 1 aromatic heterocycles. The average molecular weight is 284 g/mol. The zero-order valence-corrected chi connectivity index (χ0v) is 13.1. The maximum atomic E-state index is 5.99. The lowest BCUT2D eigenvalue weighted by molar-refractivity contribution is 0.217. The molecule has 0 saturated heterocycles. The fraction of sp³-hybridized carbons (Fsp3) is 0.389. The molecule has 0 spiro atoms. The number of rotatable bonds is 7. The van der Waals surface area contributed by atoms with Crippen LogP contribution < -0.4 is 10.1 Å². The highest BCUT2D eigenvalue weighted by atomic mass is 16.5. The number of nitrogens with zero attached hydrogens (tertiary/aromatic N) is 1. The topological polar surface area (TPSA) is 34.2 Å². The number of hydrogen-bond donors (Lipinski definition) is 1. The Labute approximate surface area is 127 Å². The van der Waals surface area contributed by atoms with Gasteiger partial charge >= 0.3 is 0 Å². The third-order valence-corrected chi connectivity index (χ3v) is 3.31. The Morgan fingerprint density at radius 2 is 1.95 bits per heavy atom. The normalized spacial score (nSPS) is 12.1. The second-order valence-electron chi connectivity index (χ2n) is 5.30. The van der Waals surface area contributed by atoms with E-state index in [9.17, 15) is 0 Å². The molecule has 0 aliphatic carbocycles. The first kappa shape index (κ1) is 15.5. The molecule has 0 bridgehead atoms. The highest BCUT2D eigenvalue weighted by Gasteiger charge is 2.09. The van der Waals surface area contributed by atoms with Crippen molar-refractivity contribution in [3.63, 3.8) is 0 Å². The lowest BCUT2D eigenvalue weighted by Gasteiger charge is -2.15. The molecule has 2 rings (SSSR count). The van der Waals surface area contributed by atoms with E-state index in [-0.39, 0.29) is 6.10 Å². The average Bonchev–Trinajstić information content (AvgIpc) is 2.48. The quantitative estimate of drug-likeness (QED) is 0.779. The van der Waals surface area contributed by atoms with Crippen molar-refractivity contribution in [3.05, 3.63) is 59.3 Å². The van der Waals surface area contributed by atoms with Crippen molar-refractivity contribution in [3.8, 4) is 5.88 Å². The number of ether oxygens (including phenoxy) is 1. The number of hydrogen-bond acceptors (Lipinski definition) is 3. The van der Waals surface area contributed by atoms with Crippen molar-refractivity contribution < 1.29 is 4.74 Å².